The molecule has 0 unspecified atom stereocenters. The number of likely N-dealkylation sites (N-methyl/N-ethyl adjacent to an activating group) is 1. The Morgan fingerprint density at radius 1 is 1.44 bits per heavy atom. The van der Waals surface area contributed by atoms with E-state index in [4.69, 9.17) is 9.52 Å². The Kier molecular flexibility index (Phi) is 4.96. The summed E-state index contributed by atoms with van der Waals surface area (Å²) in [5.41, 5.74) is -0.209. The van der Waals surface area contributed by atoms with Crippen LogP contribution in [0.1, 0.15) is 31.8 Å². The monoisotopic (exact) mass is 253 g/mol. The van der Waals surface area contributed by atoms with E-state index in [0.29, 0.717) is 0 Å². The number of aliphatic carboxylic acids is 1. The normalized spacial score (nSPS) is 12.1. The van der Waals surface area contributed by atoms with Gasteiger partial charge in [0.1, 0.15) is 11.5 Å². The van der Waals surface area contributed by atoms with Crippen molar-refractivity contribution in [2.24, 2.45) is 5.41 Å². The summed E-state index contributed by atoms with van der Waals surface area (Å²) in [6.45, 7) is 7.53. The molecule has 0 amide bonds. The maximum atomic E-state index is 10.7. The van der Waals surface area contributed by atoms with Crippen LogP contribution in [0.5, 0.6) is 0 Å². The molecule has 0 aliphatic heterocycles. The van der Waals surface area contributed by atoms with Gasteiger partial charge >= 0.3 is 5.97 Å². The smallest absolute Gasteiger partial charge is 0.303 e. The molecule has 1 aromatic heterocycles. The van der Waals surface area contributed by atoms with E-state index >= 15 is 0 Å². The summed E-state index contributed by atoms with van der Waals surface area (Å²) in [4.78, 5) is 12.9. The molecule has 0 bridgehead atoms. The Hall–Kier alpha value is -1.29. The summed E-state index contributed by atoms with van der Waals surface area (Å²) < 4.78 is 5.51. The minimum atomic E-state index is -0.741. The molecule has 0 radical (unpaired) electrons. The van der Waals surface area contributed by atoms with Crippen molar-refractivity contribution in [2.75, 3.05) is 20.1 Å². The first kappa shape index (κ1) is 14.8. The maximum absolute atomic E-state index is 10.7. The number of rotatable bonds is 7. The number of hydrogen-bond acceptors (Lipinski definition) is 3. The third-order valence-corrected chi connectivity index (χ3v) is 2.86. The fourth-order valence-corrected chi connectivity index (χ4v) is 2.20. The molecule has 4 heteroatoms. The van der Waals surface area contributed by atoms with Gasteiger partial charge in [-0.3, -0.25) is 4.79 Å². The molecule has 0 saturated carbocycles. The molecule has 0 aliphatic carbocycles. The standard InChI is InChI=1S/C14H23NO3/c1-11-5-6-12(18-11)7-8-15(4)10-14(2,3)9-13(16)17/h5-6H,7-10H2,1-4H3,(H,16,17). The zero-order chi connectivity index (χ0) is 13.8. The Labute approximate surface area is 109 Å². The second-order valence-corrected chi connectivity index (χ2v) is 5.73. The summed E-state index contributed by atoms with van der Waals surface area (Å²) in [7, 11) is 2.01. The molecule has 102 valence electrons. The highest BCUT2D eigenvalue weighted by atomic mass is 16.4. The van der Waals surface area contributed by atoms with Crippen molar-refractivity contribution in [2.45, 2.75) is 33.6 Å². The van der Waals surface area contributed by atoms with E-state index in [9.17, 15) is 4.79 Å². The lowest BCUT2D eigenvalue weighted by Gasteiger charge is -2.28. The highest BCUT2D eigenvalue weighted by molar-refractivity contribution is 5.67. The Morgan fingerprint density at radius 2 is 2.11 bits per heavy atom. The molecule has 0 atom stereocenters. The molecule has 1 N–H and O–H groups in total. The zero-order valence-corrected chi connectivity index (χ0v) is 11.7. The van der Waals surface area contributed by atoms with Gasteiger partial charge in [0, 0.05) is 19.5 Å². The maximum Gasteiger partial charge on any atom is 0.303 e. The van der Waals surface area contributed by atoms with Crippen molar-refractivity contribution in [1.29, 1.82) is 0 Å². The van der Waals surface area contributed by atoms with Gasteiger partial charge < -0.3 is 14.4 Å². The first-order valence-electron chi connectivity index (χ1n) is 6.24. The lowest BCUT2D eigenvalue weighted by atomic mass is 9.89. The van der Waals surface area contributed by atoms with Gasteiger partial charge in [0.25, 0.3) is 0 Å². The van der Waals surface area contributed by atoms with Crippen molar-refractivity contribution < 1.29 is 14.3 Å². The van der Waals surface area contributed by atoms with E-state index in [-0.39, 0.29) is 11.8 Å². The van der Waals surface area contributed by atoms with E-state index in [2.05, 4.69) is 4.90 Å². The van der Waals surface area contributed by atoms with E-state index in [1.54, 1.807) is 0 Å². The van der Waals surface area contributed by atoms with Crippen molar-refractivity contribution in [3.63, 3.8) is 0 Å². The summed E-state index contributed by atoms with van der Waals surface area (Å²) in [6.07, 6.45) is 1.05. The van der Waals surface area contributed by atoms with Crippen LogP contribution in [0, 0.1) is 12.3 Å². The molecule has 18 heavy (non-hydrogen) atoms. The average molecular weight is 253 g/mol. The molecule has 0 aromatic carbocycles. The van der Waals surface area contributed by atoms with Gasteiger partial charge in [-0.25, -0.2) is 0 Å². The van der Waals surface area contributed by atoms with Gasteiger partial charge in [0.15, 0.2) is 0 Å². The number of carbonyl (C=O) groups is 1. The molecule has 1 rings (SSSR count). The molecule has 1 aromatic rings. The minimum Gasteiger partial charge on any atom is -0.481 e. The Balaban J connectivity index is 2.37. The Bertz CT molecular complexity index is 395. The number of carboxylic acid groups (broad SMARTS) is 1. The number of aryl methyl sites for hydroxylation is 1. The summed E-state index contributed by atoms with van der Waals surface area (Å²) in [6, 6.07) is 3.95. The molecule has 1 heterocycles. The third kappa shape index (κ3) is 5.36. The number of nitrogens with zero attached hydrogens (tertiary/aromatic N) is 1. The molecule has 0 fully saturated rings. The van der Waals surface area contributed by atoms with Gasteiger partial charge in [-0.05, 0) is 31.5 Å². The van der Waals surface area contributed by atoms with E-state index in [1.807, 2.05) is 40.0 Å². The van der Waals surface area contributed by atoms with Crippen molar-refractivity contribution in [3.8, 4) is 0 Å². The summed E-state index contributed by atoms with van der Waals surface area (Å²) in [5, 5.41) is 8.84. The highest BCUT2D eigenvalue weighted by Gasteiger charge is 2.23. The number of carboxylic acids is 1. The quantitative estimate of drug-likeness (QED) is 0.811. The number of hydrogen-bond donors (Lipinski definition) is 1. The van der Waals surface area contributed by atoms with Crippen LogP contribution in [-0.2, 0) is 11.2 Å². The van der Waals surface area contributed by atoms with Crippen LogP contribution in [0.2, 0.25) is 0 Å². The van der Waals surface area contributed by atoms with Crippen LogP contribution in [0.3, 0.4) is 0 Å². The lowest BCUT2D eigenvalue weighted by molar-refractivity contribution is -0.139. The van der Waals surface area contributed by atoms with Crippen LogP contribution in [0.4, 0.5) is 0 Å². The van der Waals surface area contributed by atoms with Crippen LogP contribution in [0.15, 0.2) is 16.5 Å². The molecule has 0 spiro atoms. The Morgan fingerprint density at radius 3 is 2.61 bits per heavy atom. The fourth-order valence-electron chi connectivity index (χ4n) is 2.20. The van der Waals surface area contributed by atoms with E-state index in [1.165, 1.54) is 0 Å². The van der Waals surface area contributed by atoms with Crippen molar-refractivity contribution in [1.82, 2.24) is 4.90 Å². The highest BCUT2D eigenvalue weighted by Crippen LogP contribution is 2.21. The van der Waals surface area contributed by atoms with Crippen LogP contribution < -0.4 is 0 Å². The van der Waals surface area contributed by atoms with E-state index < -0.39 is 5.97 Å². The van der Waals surface area contributed by atoms with Crippen LogP contribution >= 0.6 is 0 Å². The first-order valence-corrected chi connectivity index (χ1v) is 6.24. The lowest BCUT2D eigenvalue weighted by Crippen LogP contribution is -2.34. The van der Waals surface area contributed by atoms with Gasteiger partial charge in [-0.15, -0.1) is 0 Å². The minimum absolute atomic E-state index is 0.192. The predicted molar refractivity (Wildman–Crippen MR) is 70.7 cm³/mol. The zero-order valence-electron chi connectivity index (χ0n) is 11.7. The van der Waals surface area contributed by atoms with Gasteiger partial charge in [0.05, 0.1) is 6.42 Å². The molecular formula is C14H23NO3. The molecule has 0 aliphatic rings. The predicted octanol–water partition coefficient (Wildman–Crippen LogP) is 2.56. The second kappa shape index (κ2) is 6.05. The molecular weight excluding hydrogens is 230 g/mol. The second-order valence-electron chi connectivity index (χ2n) is 5.73. The summed E-state index contributed by atoms with van der Waals surface area (Å²) >= 11 is 0. The first-order chi connectivity index (χ1) is 8.28. The topological polar surface area (TPSA) is 53.7 Å². The molecule has 4 nitrogen and oxygen atoms in total. The van der Waals surface area contributed by atoms with Gasteiger partial charge in [0.2, 0.25) is 0 Å². The average Bonchev–Trinajstić information content (AvgIpc) is 2.58. The van der Waals surface area contributed by atoms with Crippen LogP contribution in [0.25, 0.3) is 0 Å². The third-order valence-electron chi connectivity index (χ3n) is 2.86. The van der Waals surface area contributed by atoms with E-state index in [0.717, 1.165) is 31.0 Å². The SMILES string of the molecule is Cc1ccc(CCN(C)CC(C)(C)CC(=O)O)o1. The van der Waals surface area contributed by atoms with Gasteiger partial charge in [-0.2, -0.15) is 0 Å². The largest absolute Gasteiger partial charge is 0.481 e. The fraction of sp³-hybridized carbons (Fsp3) is 0.643. The number of furan rings is 1. The van der Waals surface area contributed by atoms with Crippen molar-refractivity contribution in [3.05, 3.63) is 23.7 Å². The van der Waals surface area contributed by atoms with Gasteiger partial charge in [-0.1, -0.05) is 13.8 Å². The van der Waals surface area contributed by atoms with Crippen molar-refractivity contribution >= 4 is 5.97 Å². The summed E-state index contributed by atoms with van der Waals surface area (Å²) in [5.74, 6) is 1.17. The van der Waals surface area contributed by atoms with Crippen LogP contribution in [-0.4, -0.2) is 36.1 Å². The molecule has 0 saturated heterocycles.